The number of rotatable bonds is 7. The van der Waals surface area contributed by atoms with Crippen molar-refractivity contribution in [1.82, 2.24) is 10.6 Å². The standard InChI is InChI=1S/C18H31FN2O7/c1-17(2,3)27-15(24)20-12(10-22)8-11(19)9-13(14(23)26-7)21-16(25)28-18(4,5)6/h8,12-13,22H,9-10H2,1-7H3,(H,20,24)(H,21,25)/b11-8-/t12-,13+/m0/s1. The molecule has 0 aromatic heterocycles. The average molecular weight is 406 g/mol. The Kier molecular flexibility index (Phi) is 9.93. The number of esters is 1. The molecule has 0 radical (unpaired) electrons. The second kappa shape index (κ2) is 10.8. The van der Waals surface area contributed by atoms with Gasteiger partial charge in [-0.3, -0.25) is 0 Å². The van der Waals surface area contributed by atoms with Crippen molar-refractivity contribution in [2.75, 3.05) is 13.7 Å². The molecule has 0 aromatic carbocycles. The number of carbonyl (C=O) groups excluding carboxylic acids is 3. The highest BCUT2D eigenvalue weighted by molar-refractivity contribution is 5.81. The van der Waals surface area contributed by atoms with Crippen LogP contribution >= 0.6 is 0 Å². The molecule has 0 fully saturated rings. The van der Waals surface area contributed by atoms with E-state index in [2.05, 4.69) is 15.4 Å². The second-order valence-corrected chi connectivity index (χ2v) is 7.97. The van der Waals surface area contributed by atoms with E-state index < -0.39 is 60.3 Å². The molecule has 0 saturated carbocycles. The van der Waals surface area contributed by atoms with Gasteiger partial charge in [0.25, 0.3) is 0 Å². The van der Waals surface area contributed by atoms with E-state index in [-0.39, 0.29) is 0 Å². The number of ether oxygens (including phenoxy) is 3. The highest BCUT2D eigenvalue weighted by atomic mass is 19.1. The van der Waals surface area contributed by atoms with E-state index in [4.69, 9.17) is 9.47 Å². The van der Waals surface area contributed by atoms with Crippen LogP contribution in [-0.2, 0) is 19.0 Å². The van der Waals surface area contributed by atoms with E-state index in [1.54, 1.807) is 41.5 Å². The highest BCUT2D eigenvalue weighted by Crippen LogP contribution is 2.13. The first-order valence-electron chi connectivity index (χ1n) is 8.70. The summed E-state index contributed by atoms with van der Waals surface area (Å²) in [5, 5.41) is 13.8. The molecule has 0 aliphatic rings. The first-order chi connectivity index (χ1) is 12.7. The summed E-state index contributed by atoms with van der Waals surface area (Å²) < 4.78 is 28.9. The van der Waals surface area contributed by atoms with Crippen molar-refractivity contribution in [2.24, 2.45) is 0 Å². The topological polar surface area (TPSA) is 123 Å². The smallest absolute Gasteiger partial charge is 0.408 e. The second-order valence-electron chi connectivity index (χ2n) is 7.97. The summed E-state index contributed by atoms with van der Waals surface area (Å²) in [6.07, 6.45) is -1.40. The number of aliphatic hydroxyl groups is 1. The lowest BCUT2D eigenvalue weighted by molar-refractivity contribution is -0.143. The Balaban J connectivity index is 5.06. The molecule has 9 nitrogen and oxygen atoms in total. The van der Waals surface area contributed by atoms with Crippen molar-refractivity contribution < 1.29 is 38.1 Å². The highest BCUT2D eigenvalue weighted by Gasteiger charge is 2.27. The molecule has 0 rings (SSSR count). The molecule has 0 aliphatic heterocycles. The molecular weight excluding hydrogens is 375 g/mol. The molecule has 2 atom stereocenters. The fourth-order valence-corrected chi connectivity index (χ4v) is 1.87. The van der Waals surface area contributed by atoms with Gasteiger partial charge in [0, 0.05) is 6.42 Å². The van der Waals surface area contributed by atoms with E-state index in [1.165, 1.54) is 0 Å². The van der Waals surface area contributed by atoms with Crippen molar-refractivity contribution in [3.05, 3.63) is 11.9 Å². The zero-order chi connectivity index (χ0) is 22.1. The van der Waals surface area contributed by atoms with Gasteiger partial charge in [0.2, 0.25) is 0 Å². The monoisotopic (exact) mass is 406 g/mol. The Morgan fingerprint density at radius 3 is 1.86 bits per heavy atom. The molecule has 10 heteroatoms. The lowest BCUT2D eigenvalue weighted by Crippen LogP contribution is -2.44. The van der Waals surface area contributed by atoms with Gasteiger partial charge in [0.15, 0.2) is 0 Å². The van der Waals surface area contributed by atoms with Gasteiger partial charge in [-0.15, -0.1) is 0 Å². The fourth-order valence-electron chi connectivity index (χ4n) is 1.87. The van der Waals surface area contributed by atoms with Crippen LogP contribution in [0.3, 0.4) is 0 Å². The molecule has 0 saturated heterocycles. The van der Waals surface area contributed by atoms with Crippen LogP contribution in [0.25, 0.3) is 0 Å². The van der Waals surface area contributed by atoms with E-state index in [0.717, 1.165) is 13.2 Å². The number of alkyl carbamates (subject to hydrolysis) is 2. The van der Waals surface area contributed by atoms with E-state index in [0.29, 0.717) is 0 Å². The van der Waals surface area contributed by atoms with Gasteiger partial charge in [0.05, 0.1) is 19.8 Å². The Morgan fingerprint density at radius 1 is 1.00 bits per heavy atom. The third kappa shape index (κ3) is 12.1. The first-order valence-corrected chi connectivity index (χ1v) is 8.70. The maximum absolute atomic E-state index is 14.3. The third-order valence-electron chi connectivity index (χ3n) is 2.86. The number of nitrogens with one attached hydrogen (secondary N) is 2. The van der Waals surface area contributed by atoms with Crippen LogP contribution in [0.5, 0.6) is 0 Å². The molecule has 0 spiro atoms. The minimum atomic E-state index is -1.35. The number of hydrogen-bond acceptors (Lipinski definition) is 7. The van der Waals surface area contributed by atoms with E-state index in [9.17, 15) is 23.9 Å². The summed E-state index contributed by atoms with van der Waals surface area (Å²) in [7, 11) is 1.09. The van der Waals surface area contributed by atoms with E-state index in [1.807, 2.05) is 0 Å². The van der Waals surface area contributed by atoms with Crippen molar-refractivity contribution in [3.8, 4) is 0 Å². The van der Waals surface area contributed by atoms with Crippen LogP contribution in [0.4, 0.5) is 14.0 Å². The third-order valence-corrected chi connectivity index (χ3v) is 2.86. The minimum Gasteiger partial charge on any atom is -0.467 e. The number of halogens is 1. The zero-order valence-electron chi connectivity index (χ0n) is 17.4. The maximum Gasteiger partial charge on any atom is 0.408 e. The number of carbonyl (C=O) groups is 3. The summed E-state index contributed by atoms with van der Waals surface area (Å²) >= 11 is 0. The summed E-state index contributed by atoms with van der Waals surface area (Å²) in [5.41, 5.74) is -1.57. The van der Waals surface area contributed by atoms with Crippen LogP contribution in [0.1, 0.15) is 48.0 Å². The minimum absolute atomic E-state index is 0.557. The predicted molar refractivity (Wildman–Crippen MR) is 99.2 cm³/mol. The van der Waals surface area contributed by atoms with Gasteiger partial charge < -0.3 is 30.0 Å². The van der Waals surface area contributed by atoms with Gasteiger partial charge in [-0.1, -0.05) is 0 Å². The Labute approximate surface area is 164 Å². The normalized spacial score (nSPS) is 14.5. The molecule has 2 amide bonds. The molecular formula is C18H31FN2O7. The van der Waals surface area contributed by atoms with Gasteiger partial charge in [-0.2, -0.15) is 0 Å². The Morgan fingerprint density at radius 2 is 1.46 bits per heavy atom. The Hall–Kier alpha value is -2.36. The molecule has 0 bridgehead atoms. The van der Waals surface area contributed by atoms with Gasteiger partial charge in [0.1, 0.15) is 23.1 Å². The van der Waals surface area contributed by atoms with Crippen LogP contribution in [0.2, 0.25) is 0 Å². The summed E-state index contributed by atoms with van der Waals surface area (Å²) in [6, 6.07) is -2.44. The molecule has 0 aliphatic carbocycles. The Bertz CT molecular complexity index is 579. The van der Waals surface area contributed by atoms with Crippen LogP contribution < -0.4 is 10.6 Å². The lowest BCUT2D eigenvalue weighted by Gasteiger charge is -2.23. The number of aliphatic hydroxyl groups excluding tert-OH is 1. The lowest BCUT2D eigenvalue weighted by atomic mass is 10.1. The van der Waals surface area contributed by atoms with Crippen LogP contribution in [-0.4, -0.2) is 60.3 Å². The largest absolute Gasteiger partial charge is 0.467 e. The number of amides is 2. The van der Waals surface area contributed by atoms with Crippen molar-refractivity contribution in [3.63, 3.8) is 0 Å². The summed E-state index contributed by atoms with van der Waals surface area (Å²) in [5.74, 6) is -1.74. The zero-order valence-corrected chi connectivity index (χ0v) is 17.4. The van der Waals surface area contributed by atoms with Gasteiger partial charge >= 0.3 is 18.2 Å². The van der Waals surface area contributed by atoms with Crippen molar-refractivity contribution in [1.29, 1.82) is 0 Å². The predicted octanol–water partition coefficient (Wildman–Crippen LogP) is 2.18. The quantitative estimate of drug-likeness (QED) is 0.437. The van der Waals surface area contributed by atoms with Gasteiger partial charge in [-0.25, -0.2) is 18.8 Å². The summed E-state index contributed by atoms with van der Waals surface area (Å²) in [6.45, 7) is 9.26. The molecule has 0 aromatic rings. The van der Waals surface area contributed by atoms with Gasteiger partial charge in [-0.05, 0) is 47.6 Å². The maximum atomic E-state index is 14.3. The molecule has 0 unspecified atom stereocenters. The average Bonchev–Trinajstić information content (AvgIpc) is 2.48. The molecule has 162 valence electrons. The fraction of sp³-hybridized carbons (Fsp3) is 0.722. The number of hydrogen-bond donors (Lipinski definition) is 3. The van der Waals surface area contributed by atoms with Crippen molar-refractivity contribution >= 4 is 18.2 Å². The van der Waals surface area contributed by atoms with Crippen LogP contribution in [0.15, 0.2) is 11.9 Å². The molecule has 0 heterocycles. The number of methoxy groups -OCH3 is 1. The van der Waals surface area contributed by atoms with Crippen molar-refractivity contribution in [2.45, 2.75) is 71.2 Å². The van der Waals surface area contributed by atoms with E-state index >= 15 is 0 Å². The molecule has 3 N–H and O–H groups in total. The first kappa shape index (κ1) is 25.6. The summed E-state index contributed by atoms with van der Waals surface area (Å²) in [4.78, 5) is 35.4. The molecule has 28 heavy (non-hydrogen) atoms. The van der Waals surface area contributed by atoms with Crippen LogP contribution in [0, 0.1) is 0 Å². The SMILES string of the molecule is COC(=O)[C@@H](C/C(F)=C/[C@@H](CO)NC(=O)OC(C)(C)C)NC(=O)OC(C)(C)C.